The van der Waals surface area contributed by atoms with Crippen molar-refractivity contribution in [2.75, 3.05) is 26.2 Å². The maximum atomic E-state index is 11.1. The van der Waals surface area contributed by atoms with Gasteiger partial charge in [0.1, 0.15) is 11.9 Å². The summed E-state index contributed by atoms with van der Waals surface area (Å²) in [6.45, 7) is 2.79. The first kappa shape index (κ1) is 18.9. The lowest BCUT2D eigenvalue weighted by molar-refractivity contribution is -0.167. The lowest BCUT2D eigenvalue weighted by atomic mass is 10.1. The van der Waals surface area contributed by atoms with Crippen LogP contribution in [0.5, 0.6) is 5.75 Å². The molecule has 1 heterocycles. The second-order valence-corrected chi connectivity index (χ2v) is 6.51. The average Bonchev–Trinajstić information content (AvgIpc) is 3.13. The van der Waals surface area contributed by atoms with Crippen LogP contribution in [0, 0.1) is 0 Å². The second kappa shape index (κ2) is 9.19. The SMILES string of the molecule is O=C(O)C(=O)OC1CCN(CCCOc2ccc(-c3ccccc3)cc2)C1. The molecule has 0 bridgehead atoms. The molecule has 1 aliphatic rings. The van der Waals surface area contributed by atoms with Crippen molar-refractivity contribution >= 4 is 11.9 Å². The minimum atomic E-state index is -1.54. The molecule has 1 unspecified atom stereocenters. The van der Waals surface area contributed by atoms with Crippen LogP contribution in [0.25, 0.3) is 11.1 Å². The van der Waals surface area contributed by atoms with E-state index in [4.69, 9.17) is 14.6 Å². The van der Waals surface area contributed by atoms with E-state index in [2.05, 4.69) is 17.0 Å². The number of likely N-dealkylation sites (tertiary alicyclic amines) is 1. The highest BCUT2D eigenvalue weighted by Gasteiger charge is 2.27. The number of ether oxygens (including phenoxy) is 2. The Morgan fingerprint density at radius 2 is 1.74 bits per heavy atom. The highest BCUT2D eigenvalue weighted by molar-refractivity contribution is 6.28. The number of carboxylic acid groups (broad SMARTS) is 1. The summed E-state index contributed by atoms with van der Waals surface area (Å²) in [6.07, 6.45) is 1.18. The van der Waals surface area contributed by atoms with Gasteiger partial charge in [-0.3, -0.25) is 4.90 Å². The molecule has 0 aromatic heterocycles. The van der Waals surface area contributed by atoms with Crippen LogP contribution in [-0.4, -0.2) is 54.3 Å². The van der Waals surface area contributed by atoms with Gasteiger partial charge in [0, 0.05) is 19.6 Å². The molecule has 0 saturated carbocycles. The lowest BCUT2D eigenvalue weighted by Gasteiger charge is -2.16. The maximum absolute atomic E-state index is 11.1. The number of carbonyl (C=O) groups excluding carboxylic acids is 1. The first-order chi connectivity index (χ1) is 13.1. The summed E-state index contributed by atoms with van der Waals surface area (Å²) in [4.78, 5) is 23.7. The van der Waals surface area contributed by atoms with Gasteiger partial charge in [-0.2, -0.15) is 0 Å². The third-order valence-corrected chi connectivity index (χ3v) is 4.53. The maximum Gasteiger partial charge on any atom is 0.417 e. The Hall–Kier alpha value is -2.86. The van der Waals surface area contributed by atoms with Crippen LogP contribution in [-0.2, 0) is 14.3 Å². The Kier molecular flexibility index (Phi) is 6.44. The summed E-state index contributed by atoms with van der Waals surface area (Å²) < 4.78 is 10.7. The van der Waals surface area contributed by atoms with Crippen molar-refractivity contribution in [2.24, 2.45) is 0 Å². The molecule has 6 heteroatoms. The standard InChI is InChI=1S/C21H23NO5/c23-20(24)21(25)27-19-11-13-22(15-19)12-4-14-26-18-9-7-17(8-10-18)16-5-2-1-3-6-16/h1-3,5-10,19H,4,11-15H2,(H,23,24). The number of nitrogens with zero attached hydrogens (tertiary/aromatic N) is 1. The molecule has 2 aromatic carbocycles. The van der Waals surface area contributed by atoms with Crippen LogP contribution >= 0.6 is 0 Å². The van der Waals surface area contributed by atoms with Crippen molar-refractivity contribution in [3.05, 3.63) is 54.6 Å². The van der Waals surface area contributed by atoms with E-state index >= 15 is 0 Å². The fourth-order valence-corrected chi connectivity index (χ4v) is 3.15. The average molecular weight is 369 g/mol. The summed E-state index contributed by atoms with van der Waals surface area (Å²) in [5.41, 5.74) is 2.33. The highest BCUT2D eigenvalue weighted by atomic mass is 16.6. The van der Waals surface area contributed by atoms with E-state index in [0.717, 1.165) is 30.8 Å². The van der Waals surface area contributed by atoms with Gasteiger partial charge < -0.3 is 14.6 Å². The van der Waals surface area contributed by atoms with Crippen molar-refractivity contribution in [3.8, 4) is 16.9 Å². The summed E-state index contributed by atoms with van der Waals surface area (Å²) in [5, 5.41) is 8.57. The van der Waals surface area contributed by atoms with E-state index in [9.17, 15) is 9.59 Å². The second-order valence-electron chi connectivity index (χ2n) is 6.51. The van der Waals surface area contributed by atoms with Crippen molar-refractivity contribution in [3.63, 3.8) is 0 Å². The van der Waals surface area contributed by atoms with Crippen molar-refractivity contribution in [1.82, 2.24) is 4.90 Å². The van der Waals surface area contributed by atoms with Crippen molar-refractivity contribution in [1.29, 1.82) is 0 Å². The number of carboxylic acids is 1. The zero-order valence-electron chi connectivity index (χ0n) is 15.0. The van der Waals surface area contributed by atoms with Gasteiger partial charge in [0.05, 0.1) is 6.61 Å². The molecule has 0 spiro atoms. The topological polar surface area (TPSA) is 76.1 Å². The predicted molar refractivity (Wildman–Crippen MR) is 101 cm³/mol. The van der Waals surface area contributed by atoms with E-state index in [-0.39, 0.29) is 6.10 Å². The normalized spacial score (nSPS) is 16.8. The van der Waals surface area contributed by atoms with Crippen LogP contribution in [0.15, 0.2) is 54.6 Å². The molecule has 1 fully saturated rings. The summed E-state index contributed by atoms with van der Waals surface area (Å²) in [6, 6.07) is 18.2. The number of hydrogen-bond acceptors (Lipinski definition) is 5. The Bertz CT molecular complexity index is 760. The third-order valence-electron chi connectivity index (χ3n) is 4.53. The molecular formula is C21H23NO5. The molecule has 3 rings (SSSR count). The number of esters is 1. The third kappa shape index (κ3) is 5.56. The van der Waals surface area contributed by atoms with Crippen LogP contribution in [0.2, 0.25) is 0 Å². The van der Waals surface area contributed by atoms with Gasteiger partial charge in [0.15, 0.2) is 0 Å². The fourth-order valence-electron chi connectivity index (χ4n) is 3.15. The van der Waals surface area contributed by atoms with Crippen molar-refractivity contribution in [2.45, 2.75) is 18.9 Å². The molecule has 1 N–H and O–H groups in total. The summed E-state index contributed by atoms with van der Waals surface area (Å²) in [5.74, 6) is -1.88. The summed E-state index contributed by atoms with van der Waals surface area (Å²) >= 11 is 0. The molecule has 1 aliphatic heterocycles. The molecule has 6 nitrogen and oxygen atoms in total. The Labute approximate surface area is 158 Å². The number of benzene rings is 2. The van der Waals surface area contributed by atoms with Gasteiger partial charge in [-0.15, -0.1) is 0 Å². The van der Waals surface area contributed by atoms with Crippen LogP contribution in [0.1, 0.15) is 12.8 Å². The number of aliphatic carboxylic acids is 1. The van der Waals surface area contributed by atoms with Gasteiger partial charge in [0.2, 0.25) is 0 Å². The first-order valence-corrected chi connectivity index (χ1v) is 9.06. The number of rotatable bonds is 7. The van der Waals surface area contributed by atoms with Crippen LogP contribution < -0.4 is 4.74 Å². The van der Waals surface area contributed by atoms with Gasteiger partial charge in [-0.1, -0.05) is 42.5 Å². The smallest absolute Gasteiger partial charge is 0.417 e. The molecule has 0 radical (unpaired) electrons. The lowest BCUT2D eigenvalue weighted by Crippen LogP contribution is -2.28. The number of carbonyl (C=O) groups is 2. The predicted octanol–water partition coefficient (Wildman–Crippen LogP) is 2.82. The zero-order valence-corrected chi connectivity index (χ0v) is 15.0. The fraction of sp³-hybridized carbons (Fsp3) is 0.333. The van der Waals surface area contributed by atoms with E-state index in [0.29, 0.717) is 19.6 Å². The van der Waals surface area contributed by atoms with E-state index in [1.165, 1.54) is 5.56 Å². The molecule has 27 heavy (non-hydrogen) atoms. The molecule has 1 saturated heterocycles. The van der Waals surface area contributed by atoms with E-state index in [1.807, 2.05) is 42.5 Å². The molecule has 1 atom stereocenters. The van der Waals surface area contributed by atoms with Gasteiger partial charge in [-0.25, -0.2) is 9.59 Å². The molecule has 2 aromatic rings. The largest absolute Gasteiger partial charge is 0.494 e. The monoisotopic (exact) mass is 369 g/mol. The Morgan fingerprint density at radius 3 is 2.44 bits per heavy atom. The van der Waals surface area contributed by atoms with Gasteiger partial charge >= 0.3 is 11.9 Å². The number of hydrogen-bond donors (Lipinski definition) is 1. The first-order valence-electron chi connectivity index (χ1n) is 9.06. The molecular weight excluding hydrogens is 346 g/mol. The van der Waals surface area contributed by atoms with Crippen LogP contribution in [0.3, 0.4) is 0 Å². The zero-order chi connectivity index (χ0) is 19.1. The van der Waals surface area contributed by atoms with Gasteiger partial charge in [-0.05, 0) is 36.1 Å². The molecule has 142 valence electrons. The quantitative estimate of drug-likeness (QED) is 0.459. The Balaban J connectivity index is 1.36. The van der Waals surface area contributed by atoms with Gasteiger partial charge in [0.25, 0.3) is 0 Å². The molecule has 0 amide bonds. The van der Waals surface area contributed by atoms with E-state index in [1.54, 1.807) is 0 Å². The summed E-state index contributed by atoms with van der Waals surface area (Å²) in [7, 11) is 0. The van der Waals surface area contributed by atoms with Crippen LogP contribution in [0.4, 0.5) is 0 Å². The highest BCUT2D eigenvalue weighted by Crippen LogP contribution is 2.22. The minimum Gasteiger partial charge on any atom is -0.494 e. The molecule has 0 aliphatic carbocycles. The minimum absolute atomic E-state index is 0.333. The van der Waals surface area contributed by atoms with Crippen molar-refractivity contribution < 1.29 is 24.2 Å². The van der Waals surface area contributed by atoms with E-state index < -0.39 is 11.9 Å². The Morgan fingerprint density at radius 1 is 1.04 bits per heavy atom.